The molecule has 0 aliphatic carbocycles. The first-order chi connectivity index (χ1) is 9.01. The van der Waals surface area contributed by atoms with E-state index >= 15 is 0 Å². The van der Waals surface area contributed by atoms with E-state index in [1.165, 1.54) is 7.11 Å². The van der Waals surface area contributed by atoms with E-state index in [1.807, 2.05) is 25.1 Å². The first kappa shape index (κ1) is 13.4. The average Bonchev–Trinajstić information content (AvgIpc) is 2.76. The largest absolute Gasteiger partial charge is 0.490 e. The van der Waals surface area contributed by atoms with Gasteiger partial charge in [0.2, 0.25) is 0 Å². The highest BCUT2D eigenvalue weighted by Crippen LogP contribution is 2.32. The lowest BCUT2D eigenvalue weighted by Crippen LogP contribution is -2.30. The summed E-state index contributed by atoms with van der Waals surface area (Å²) >= 11 is 0. The van der Waals surface area contributed by atoms with E-state index < -0.39 is 17.9 Å². The number of hydrogen-bond donors (Lipinski definition) is 1. The quantitative estimate of drug-likeness (QED) is 0.660. The summed E-state index contributed by atoms with van der Waals surface area (Å²) in [5.74, 6) is -2.32. The third kappa shape index (κ3) is 2.86. The third-order valence-electron chi connectivity index (χ3n) is 3.24. The van der Waals surface area contributed by atoms with Crippen molar-refractivity contribution in [1.82, 2.24) is 0 Å². The summed E-state index contributed by atoms with van der Waals surface area (Å²) in [5.41, 5.74) is 2.18. The maximum absolute atomic E-state index is 11.4. The molecule has 2 unspecified atom stereocenters. The van der Waals surface area contributed by atoms with Crippen LogP contribution in [0.3, 0.4) is 0 Å². The predicted molar refractivity (Wildman–Crippen MR) is 67.1 cm³/mol. The lowest BCUT2D eigenvalue weighted by Gasteiger charge is -2.15. The van der Waals surface area contributed by atoms with Crippen molar-refractivity contribution in [1.29, 1.82) is 0 Å². The third-order valence-corrected chi connectivity index (χ3v) is 3.24. The molecule has 19 heavy (non-hydrogen) atoms. The van der Waals surface area contributed by atoms with Crippen LogP contribution in [-0.4, -0.2) is 30.3 Å². The number of benzene rings is 1. The van der Waals surface area contributed by atoms with Gasteiger partial charge in [0.1, 0.15) is 11.9 Å². The Balaban J connectivity index is 2.06. The number of ether oxygens (including phenoxy) is 2. The smallest absolute Gasteiger partial charge is 0.320 e. The number of esters is 1. The molecule has 1 aromatic carbocycles. The Bertz CT molecular complexity index is 509. The van der Waals surface area contributed by atoms with E-state index in [2.05, 4.69) is 4.74 Å². The highest BCUT2D eigenvalue weighted by molar-refractivity contribution is 5.93. The molecule has 1 aliphatic rings. The monoisotopic (exact) mass is 264 g/mol. The summed E-state index contributed by atoms with van der Waals surface area (Å²) in [6.45, 7) is 1.99. The standard InChI is InChI=1S/C14H16O5/c1-8-3-4-12-9(5-8)6-10(19-12)7-11(13(15)16)14(17)18-2/h3-5,10-11H,6-7H2,1-2H3,(H,15,16). The van der Waals surface area contributed by atoms with E-state index in [0.29, 0.717) is 6.42 Å². The van der Waals surface area contributed by atoms with Crippen LogP contribution < -0.4 is 4.74 Å². The van der Waals surface area contributed by atoms with Crippen LogP contribution in [0.2, 0.25) is 0 Å². The van der Waals surface area contributed by atoms with Crippen LogP contribution in [0.1, 0.15) is 17.5 Å². The number of aryl methyl sites for hydroxylation is 1. The zero-order chi connectivity index (χ0) is 14.0. The number of carbonyl (C=O) groups is 2. The summed E-state index contributed by atoms with van der Waals surface area (Å²) in [5, 5.41) is 9.04. The second-order valence-electron chi connectivity index (χ2n) is 4.70. The van der Waals surface area contributed by atoms with Gasteiger partial charge in [-0.2, -0.15) is 0 Å². The minimum atomic E-state index is -1.18. The summed E-state index contributed by atoms with van der Waals surface area (Å²) in [6.07, 6.45) is 0.449. The number of carboxylic acid groups (broad SMARTS) is 1. The summed E-state index contributed by atoms with van der Waals surface area (Å²) in [6, 6.07) is 5.83. The molecule has 1 aliphatic heterocycles. The molecule has 1 N–H and O–H groups in total. The van der Waals surface area contributed by atoms with Gasteiger partial charge in [0.25, 0.3) is 0 Å². The number of methoxy groups -OCH3 is 1. The van der Waals surface area contributed by atoms with Gasteiger partial charge in [0.05, 0.1) is 7.11 Å². The number of carbonyl (C=O) groups excluding carboxylic acids is 1. The molecule has 102 valence electrons. The lowest BCUT2D eigenvalue weighted by atomic mass is 9.98. The van der Waals surface area contributed by atoms with Gasteiger partial charge in [-0.15, -0.1) is 0 Å². The molecule has 5 heteroatoms. The van der Waals surface area contributed by atoms with E-state index in [4.69, 9.17) is 9.84 Å². The number of hydrogen-bond acceptors (Lipinski definition) is 4. The van der Waals surface area contributed by atoms with Crippen LogP contribution in [0, 0.1) is 12.8 Å². The molecule has 0 spiro atoms. The molecule has 0 saturated heterocycles. The predicted octanol–water partition coefficient (Wildman–Crippen LogP) is 1.56. The van der Waals surface area contributed by atoms with Crippen LogP contribution in [0.15, 0.2) is 18.2 Å². The fourth-order valence-electron chi connectivity index (χ4n) is 2.28. The van der Waals surface area contributed by atoms with Crippen molar-refractivity contribution in [3.63, 3.8) is 0 Å². The van der Waals surface area contributed by atoms with E-state index in [1.54, 1.807) is 0 Å². The molecule has 1 heterocycles. The molecule has 0 aromatic heterocycles. The molecule has 0 amide bonds. The van der Waals surface area contributed by atoms with E-state index in [9.17, 15) is 9.59 Å². The number of fused-ring (bicyclic) bond motifs is 1. The van der Waals surface area contributed by atoms with Crippen LogP contribution >= 0.6 is 0 Å². The Morgan fingerprint density at radius 1 is 1.53 bits per heavy atom. The first-order valence-corrected chi connectivity index (χ1v) is 6.08. The fourth-order valence-corrected chi connectivity index (χ4v) is 2.28. The van der Waals surface area contributed by atoms with Gasteiger partial charge in [-0.25, -0.2) is 0 Å². The Morgan fingerprint density at radius 3 is 2.89 bits per heavy atom. The molecule has 1 aromatic rings. The van der Waals surface area contributed by atoms with E-state index in [-0.39, 0.29) is 12.5 Å². The Kier molecular flexibility index (Phi) is 3.74. The maximum atomic E-state index is 11.4. The van der Waals surface area contributed by atoms with Crippen LogP contribution in [-0.2, 0) is 20.7 Å². The molecule has 2 atom stereocenters. The van der Waals surface area contributed by atoms with Crippen molar-refractivity contribution in [2.45, 2.75) is 25.9 Å². The molecule has 0 saturated carbocycles. The summed E-state index contributed by atoms with van der Waals surface area (Å²) < 4.78 is 10.2. The normalized spacial score (nSPS) is 18.3. The lowest BCUT2D eigenvalue weighted by molar-refractivity contribution is -0.157. The van der Waals surface area contributed by atoms with Crippen LogP contribution in [0.25, 0.3) is 0 Å². The minimum absolute atomic E-state index is 0.121. The zero-order valence-electron chi connectivity index (χ0n) is 10.9. The minimum Gasteiger partial charge on any atom is -0.490 e. The van der Waals surface area contributed by atoms with Crippen molar-refractivity contribution >= 4 is 11.9 Å². The van der Waals surface area contributed by atoms with Crippen LogP contribution in [0.4, 0.5) is 0 Å². The van der Waals surface area contributed by atoms with Gasteiger partial charge < -0.3 is 14.6 Å². The van der Waals surface area contributed by atoms with Crippen molar-refractivity contribution in [3.05, 3.63) is 29.3 Å². The Morgan fingerprint density at radius 2 is 2.26 bits per heavy atom. The van der Waals surface area contributed by atoms with Gasteiger partial charge in [-0.05, 0) is 18.6 Å². The average molecular weight is 264 g/mol. The number of carboxylic acids is 1. The number of rotatable bonds is 4. The van der Waals surface area contributed by atoms with Gasteiger partial charge in [-0.1, -0.05) is 17.7 Å². The Labute approximate surface area is 111 Å². The zero-order valence-corrected chi connectivity index (χ0v) is 10.9. The second kappa shape index (κ2) is 5.30. The van der Waals surface area contributed by atoms with Crippen molar-refractivity contribution < 1.29 is 24.2 Å². The highest BCUT2D eigenvalue weighted by Gasteiger charge is 2.34. The fraction of sp³-hybridized carbons (Fsp3) is 0.429. The van der Waals surface area contributed by atoms with Gasteiger partial charge in [-0.3, -0.25) is 9.59 Å². The molecule has 0 radical (unpaired) electrons. The summed E-state index contributed by atoms with van der Waals surface area (Å²) in [7, 11) is 1.19. The molecule has 2 rings (SSSR count). The van der Waals surface area contributed by atoms with Crippen molar-refractivity contribution in [2.75, 3.05) is 7.11 Å². The molecular formula is C14H16O5. The van der Waals surface area contributed by atoms with Crippen molar-refractivity contribution in [2.24, 2.45) is 5.92 Å². The van der Waals surface area contributed by atoms with Crippen LogP contribution in [0.5, 0.6) is 5.75 Å². The summed E-state index contributed by atoms with van der Waals surface area (Å²) in [4.78, 5) is 22.5. The van der Waals surface area contributed by atoms with Gasteiger partial charge in [0.15, 0.2) is 5.92 Å². The van der Waals surface area contributed by atoms with Gasteiger partial charge >= 0.3 is 11.9 Å². The highest BCUT2D eigenvalue weighted by atomic mass is 16.5. The number of aliphatic carboxylic acids is 1. The SMILES string of the molecule is COC(=O)C(CC1Cc2cc(C)ccc2O1)C(=O)O. The molecule has 0 bridgehead atoms. The first-order valence-electron chi connectivity index (χ1n) is 6.08. The molecule has 5 nitrogen and oxygen atoms in total. The second-order valence-corrected chi connectivity index (χ2v) is 4.70. The molecular weight excluding hydrogens is 248 g/mol. The Hall–Kier alpha value is -2.04. The van der Waals surface area contributed by atoms with Gasteiger partial charge in [0, 0.05) is 12.8 Å². The van der Waals surface area contributed by atoms with Crippen molar-refractivity contribution in [3.8, 4) is 5.75 Å². The maximum Gasteiger partial charge on any atom is 0.320 e. The topological polar surface area (TPSA) is 72.8 Å². The van der Waals surface area contributed by atoms with E-state index in [0.717, 1.165) is 16.9 Å². The molecule has 0 fully saturated rings.